The van der Waals surface area contributed by atoms with Gasteiger partial charge in [0.25, 0.3) is 0 Å². The Bertz CT molecular complexity index is 986. The molecule has 2 unspecified atom stereocenters. The summed E-state index contributed by atoms with van der Waals surface area (Å²) in [5.74, 6) is -2.45. The molecule has 0 amide bonds. The zero-order valence-corrected chi connectivity index (χ0v) is 24.0. The quantitative estimate of drug-likeness (QED) is 0.0785. The minimum atomic E-state index is -1.18. The second-order valence-corrected chi connectivity index (χ2v) is 9.78. The molecular weight excluding hydrogens is 492 g/mol. The lowest BCUT2D eigenvalue weighted by Crippen LogP contribution is -2.31. The number of hydrogen-bond acceptors (Lipinski definition) is 5. The topological polar surface area (TPSA) is 89.9 Å². The molecule has 0 aliphatic rings. The first-order chi connectivity index (χ1) is 18.8. The van der Waals surface area contributed by atoms with Crippen molar-refractivity contribution in [2.45, 2.75) is 85.2 Å². The molecule has 0 saturated heterocycles. The molecule has 0 bridgehead atoms. The lowest BCUT2D eigenvalue weighted by Gasteiger charge is -2.21. The predicted octanol–water partition coefficient (Wildman–Crippen LogP) is 7.90. The molecule has 6 nitrogen and oxygen atoms in total. The smallest absolute Gasteiger partial charge is 0.339 e. The van der Waals surface area contributed by atoms with E-state index in [0.29, 0.717) is 25.9 Å². The van der Waals surface area contributed by atoms with Gasteiger partial charge in [0.2, 0.25) is 0 Å². The first-order valence-electron chi connectivity index (χ1n) is 14.1. The van der Waals surface area contributed by atoms with Crippen molar-refractivity contribution in [1.82, 2.24) is 0 Å². The lowest BCUT2D eigenvalue weighted by atomic mass is 9.90. The Morgan fingerprint density at radius 2 is 1.46 bits per heavy atom. The summed E-state index contributed by atoms with van der Waals surface area (Å²) >= 11 is 0. The first-order valence-corrected chi connectivity index (χ1v) is 14.1. The van der Waals surface area contributed by atoms with Crippen LogP contribution in [0.25, 0.3) is 0 Å². The molecule has 2 atom stereocenters. The number of carboxylic acids is 1. The summed E-state index contributed by atoms with van der Waals surface area (Å²) in [4.78, 5) is 37.4. The van der Waals surface area contributed by atoms with Gasteiger partial charge >= 0.3 is 11.9 Å². The molecule has 1 rings (SSSR count). The van der Waals surface area contributed by atoms with Crippen LogP contribution in [-0.4, -0.2) is 35.5 Å². The number of hydrogen-bond donors (Lipinski definition) is 1. The van der Waals surface area contributed by atoms with E-state index in [1.54, 1.807) is 12.1 Å². The van der Waals surface area contributed by atoms with Crippen LogP contribution in [0.2, 0.25) is 0 Å². The highest BCUT2D eigenvalue weighted by Crippen LogP contribution is 2.24. The van der Waals surface area contributed by atoms with E-state index in [2.05, 4.69) is 49.5 Å². The van der Waals surface area contributed by atoms with Crippen LogP contribution < -0.4 is 4.74 Å². The molecular formula is C33H46O6. The zero-order valence-electron chi connectivity index (χ0n) is 24.0. The highest BCUT2D eigenvalue weighted by molar-refractivity contribution is 5.93. The fourth-order valence-electron chi connectivity index (χ4n) is 3.94. The molecule has 0 aliphatic heterocycles. The van der Waals surface area contributed by atoms with Crippen LogP contribution in [0.3, 0.4) is 0 Å². The number of carbonyl (C=O) groups excluding carboxylic acids is 2. The Labute approximate surface area is 234 Å². The van der Waals surface area contributed by atoms with E-state index in [0.717, 1.165) is 25.7 Å². The van der Waals surface area contributed by atoms with Crippen LogP contribution in [0.4, 0.5) is 0 Å². The molecule has 0 radical (unpaired) electrons. The number of benzene rings is 1. The maximum absolute atomic E-state index is 13.0. The maximum Gasteiger partial charge on any atom is 0.339 e. The summed E-state index contributed by atoms with van der Waals surface area (Å²) in [6.45, 7) is 8.37. The molecule has 214 valence electrons. The SMILES string of the molecule is CC/C=C\C/C=C\C/C=C\C/C=C\CCOC(CC)C(=O)CC(CC(C)C)C(=O)Oc1ccccc1C(=O)O. The van der Waals surface area contributed by atoms with Crippen molar-refractivity contribution in [3.63, 3.8) is 0 Å². The number of carboxylic acid groups (broad SMARTS) is 1. The number of rotatable bonds is 20. The largest absolute Gasteiger partial charge is 0.478 e. The van der Waals surface area contributed by atoms with Gasteiger partial charge in [0.15, 0.2) is 5.78 Å². The first kappa shape index (κ1) is 33.8. The second-order valence-electron chi connectivity index (χ2n) is 9.78. The molecule has 0 fully saturated rings. The van der Waals surface area contributed by atoms with E-state index in [1.165, 1.54) is 12.1 Å². The van der Waals surface area contributed by atoms with Crippen molar-refractivity contribution >= 4 is 17.7 Å². The highest BCUT2D eigenvalue weighted by atomic mass is 16.5. The van der Waals surface area contributed by atoms with Crippen molar-refractivity contribution in [3.05, 3.63) is 78.4 Å². The number of allylic oxidation sites excluding steroid dienone is 7. The standard InChI is InChI=1S/C33H46O6/c1-5-7-8-9-10-11-12-13-14-15-16-17-20-23-38-30(6-2)29(34)25-27(24-26(3)4)33(37)39-31-22-19-18-21-28(31)32(35)36/h7-8,10-11,13-14,16-19,21-22,26-27,30H,5-6,9,12,15,20,23-25H2,1-4H3,(H,35,36)/b8-7-,11-10-,14-13-,17-16-. The average molecular weight is 539 g/mol. The van der Waals surface area contributed by atoms with Crippen molar-refractivity contribution < 1.29 is 29.0 Å². The third-order valence-electron chi connectivity index (χ3n) is 5.92. The summed E-state index contributed by atoms with van der Waals surface area (Å²) in [6.07, 6.45) is 22.0. The van der Waals surface area contributed by atoms with E-state index >= 15 is 0 Å². The van der Waals surface area contributed by atoms with Gasteiger partial charge in [0.1, 0.15) is 17.4 Å². The van der Waals surface area contributed by atoms with Gasteiger partial charge in [-0.2, -0.15) is 0 Å². The molecule has 0 aromatic heterocycles. The maximum atomic E-state index is 13.0. The summed E-state index contributed by atoms with van der Waals surface area (Å²) in [7, 11) is 0. The van der Waals surface area contributed by atoms with Gasteiger partial charge in [-0.1, -0.05) is 88.4 Å². The van der Waals surface area contributed by atoms with Crippen molar-refractivity contribution in [1.29, 1.82) is 0 Å². The number of ketones is 1. The third kappa shape index (κ3) is 15.1. The van der Waals surface area contributed by atoms with Crippen LogP contribution in [0.15, 0.2) is 72.9 Å². The van der Waals surface area contributed by atoms with Crippen molar-refractivity contribution in [2.75, 3.05) is 6.61 Å². The fraction of sp³-hybridized carbons (Fsp3) is 0.485. The molecule has 0 aliphatic carbocycles. The molecule has 6 heteroatoms. The molecule has 1 N–H and O–H groups in total. The molecule has 0 saturated carbocycles. The number of carbonyl (C=O) groups is 3. The van der Waals surface area contributed by atoms with E-state index in [4.69, 9.17) is 9.47 Å². The Balaban J connectivity index is 2.52. The van der Waals surface area contributed by atoms with Gasteiger partial charge < -0.3 is 14.6 Å². The Morgan fingerprint density at radius 3 is 2.03 bits per heavy atom. The highest BCUT2D eigenvalue weighted by Gasteiger charge is 2.29. The number of esters is 1. The number of ether oxygens (including phenoxy) is 2. The number of aromatic carboxylic acids is 1. The van der Waals surface area contributed by atoms with Crippen LogP contribution in [-0.2, 0) is 14.3 Å². The zero-order chi connectivity index (χ0) is 28.9. The lowest BCUT2D eigenvalue weighted by molar-refractivity contribution is -0.144. The van der Waals surface area contributed by atoms with Gasteiger partial charge in [-0.15, -0.1) is 0 Å². The minimum Gasteiger partial charge on any atom is -0.478 e. The summed E-state index contributed by atoms with van der Waals surface area (Å²) in [6, 6.07) is 6.00. The Kier molecular flexibility index (Phi) is 17.9. The van der Waals surface area contributed by atoms with Gasteiger partial charge in [0, 0.05) is 6.42 Å². The molecule has 1 aromatic carbocycles. The van der Waals surface area contributed by atoms with E-state index < -0.39 is 24.0 Å². The molecule has 1 aromatic rings. The van der Waals surface area contributed by atoms with Gasteiger partial charge in [-0.3, -0.25) is 9.59 Å². The summed E-state index contributed by atoms with van der Waals surface area (Å²) < 4.78 is 11.3. The second kappa shape index (κ2) is 20.7. The van der Waals surface area contributed by atoms with Gasteiger partial charge in [-0.05, 0) is 63.0 Å². The number of para-hydroxylation sites is 1. The fourth-order valence-corrected chi connectivity index (χ4v) is 3.94. The van der Waals surface area contributed by atoms with E-state index in [1.807, 2.05) is 26.8 Å². The van der Waals surface area contributed by atoms with E-state index in [9.17, 15) is 19.5 Å². The van der Waals surface area contributed by atoms with Crippen LogP contribution in [0.1, 0.15) is 89.4 Å². The monoisotopic (exact) mass is 538 g/mol. The van der Waals surface area contributed by atoms with Crippen molar-refractivity contribution in [3.8, 4) is 5.75 Å². The minimum absolute atomic E-state index is 0.00523. The van der Waals surface area contributed by atoms with Gasteiger partial charge in [-0.25, -0.2) is 4.79 Å². The normalized spacial score (nSPS) is 13.7. The van der Waals surface area contributed by atoms with Crippen molar-refractivity contribution in [2.24, 2.45) is 11.8 Å². The summed E-state index contributed by atoms with van der Waals surface area (Å²) in [5, 5.41) is 9.36. The molecule has 0 spiro atoms. The average Bonchev–Trinajstić information content (AvgIpc) is 2.90. The van der Waals surface area contributed by atoms with Gasteiger partial charge in [0.05, 0.1) is 12.5 Å². The number of Topliss-reactive ketones (excluding diaryl/α,β-unsaturated/α-hetero) is 1. The van der Waals surface area contributed by atoms with Crippen LogP contribution >= 0.6 is 0 Å². The predicted molar refractivity (Wildman–Crippen MR) is 157 cm³/mol. The molecule has 0 heterocycles. The Morgan fingerprint density at radius 1 is 0.872 bits per heavy atom. The van der Waals surface area contributed by atoms with Crippen LogP contribution in [0.5, 0.6) is 5.75 Å². The Hall–Kier alpha value is -3.25. The van der Waals surface area contributed by atoms with Crippen LogP contribution in [0, 0.1) is 11.8 Å². The van der Waals surface area contributed by atoms with E-state index in [-0.39, 0.29) is 29.4 Å². The third-order valence-corrected chi connectivity index (χ3v) is 5.92. The molecule has 39 heavy (non-hydrogen) atoms. The summed E-state index contributed by atoms with van der Waals surface area (Å²) in [5.41, 5.74) is -0.0916.